The number of sulfonamides is 1. The van der Waals surface area contributed by atoms with Crippen molar-refractivity contribution in [2.75, 3.05) is 13.7 Å². The lowest BCUT2D eigenvalue weighted by molar-refractivity contribution is 0.0188. The zero-order chi connectivity index (χ0) is 16.0. The Morgan fingerprint density at radius 2 is 1.95 bits per heavy atom. The third-order valence-electron chi connectivity index (χ3n) is 5.13. The molecule has 3 atom stereocenters. The second-order valence-corrected chi connectivity index (χ2v) is 8.74. The van der Waals surface area contributed by atoms with Gasteiger partial charge in [-0.25, -0.2) is 8.42 Å². The molecule has 1 spiro atoms. The SMILES string of the molecule is CCCC[C@@H]1C[C@]2(CO2)[C@H]1N(C)S(=O)(=O)c1ccc(C)cc1. The van der Waals surface area contributed by atoms with E-state index in [2.05, 4.69) is 6.92 Å². The fourth-order valence-electron chi connectivity index (χ4n) is 3.71. The van der Waals surface area contributed by atoms with Crippen LogP contribution in [0.4, 0.5) is 0 Å². The van der Waals surface area contributed by atoms with E-state index in [0.717, 1.165) is 31.2 Å². The molecule has 0 aromatic heterocycles. The van der Waals surface area contributed by atoms with E-state index >= 15 is 0 Å². The molecule has 122 valence electrons. The second-order valence-electron chi connectivity index (χ2n) is 6.74. The Bertz CT molecular complexity index is 634. The first kappa shape index (κ1) is 16.0. The van der Waals surface area contributed by atoms with Crippen molar-refractivity contribution in [3.8, 4) is 0 Å². The van der Waals surface area contributed by atoms with Crippen molar-refractivity contribution < 1.29 is 13.2 Å². The van der Waals surface area contributed by atoms with Crippen LogP contribution in [0.5, 0.6) is 0 Å². The Balaban J connectivity index is 1.82. The average Bonchev–Trinajstić information content (AvgIpc) is 3.26. The molecular formula is C17H25NO3S. The summed E-state index contributed by atoms with van der Waals surface area (Å²) in [6, 6.07) is 7.08. The lowest BCUT2D eigenvalue weighted by atomic mass is 9.67. The molecule has 1 aliphatic carbocycles. The number of ether oxygens (including phenoxy) is 1. The molecule has 2 fully saturated rings. The minimum atomic E-state index is -3.45. The minimum Gasteiger partial charge on any atom is -0.368 e. The summed E-state index contributed by atoms with van der Waals surface area (Å²) in [7, 11) is -1.74. The van der Waals surface area contributed by atoms with Gasteiger partial charge in [0.25, 0.3) is 0 Å². The van der Waals surface area contributed by atoms with Gasteiger partial charge in [0, 0.05) is 7.05 Å². The van der Waals surface area contributed by atoms with Crippen LogP contribution in [0.1, 0.15) is 38.2 Å². The fourth-order valence-corrected chi connectivity index (χ4v) is 5.18. The molecule has 1 aromatic carbocycles. The van der Waals surface area contributed by atoms with Gasteiger partial charge in [-0.3, -0.25) is 0 Å². The summed E-state index contributed by atoms with van der Waals surface area (Å²) in [5.74, 6) is 0.424. The Morgan fingerprint density at radius 3 is 2.50 bits per heavy atom. The van der Waals surface area contributed by atoms with Crippen molar-refractivity contribution in [3.63, 3.8) is 0 Å². The highest BCUT2D eigenvalue weighted by molar-refractivity contribution is 7.89. The van der Waals surface area contributed by atoms with E-state index in [1.54, 1.807) is 23.5 Å². The van der Waals surface area contributed by atoms with Crippen LogP contribution in [0.2, 0.25) is 0 Å². The Kier molecular flexibility index (Phi) is 4.08. The standard InChI is InChI=1S/C17H25NO3S/c1-4-5-6-14-11-17(12-21-17)16(14)18(3)22(19,20)15-9-7-13(2)8-10-15/h7-10,14,16H,4-6,11-12H2,1-3H3/t14-,16+,17+/m1/s1. The highest BCUT2D eigenvalue weighted by Gasteiger charge is 2.66. The molecule has 3 rings (SSSR count). The van der Waals surface area contributed by atoms with Gasteiger partial charge in [-0.05, 0) is 37.8 Å². The van der Waals surface area contributed by atoms with Crippen molar-refractivity contribution in [2.24, 2.45) is 5.92 Å². The molecule has 0 radical (unpaired) electrons. The summed E-state index contributed by atoms with van der Waals surface area (Å²) in [5, 5.41) is 0. The quantitative estimate of drug-likeness (QED) is 0.756. The monoisotopic (exact) mass is 323 g/mol. The smallest absolute Gasteiger partial charge is 0.243 e. The van der Waals surface area contributed by atoms with Crippen LogP contribution in [0.25, 0.3) is 0 Å². The van der Waals surface area contributed by atoms with E-state index in [1.165, 1.54) is 0 Å². The van der Waals surface area contributed by atoms with Gasteiger partial charge in [0.15, 0.2) is 0 Å². The average molecular weight is 323 g/mol. The first-order chi connectivity index (χ1) is 10.4. The number of hydrogen-bond acceptors (Lipinski definition) is 3. The number of rotatable bonds is 6. The molecule has 2 aliphatic rings. The fraction of sp³-hybridized carbons (Fsp3) is 0.647. The molecule has 1 heterocycles. The molecule has 22 heavy (non-hydrogen) atoms. The van der Waals surface area contributed by atoms with Crippen LogP contribution in [0, 0.1) is 12.8 Å². The van der Waals surface area contributed by atoms with E-state index in [0.29, 0.717) is 17.4 Å². The number of unbranched alkanes of at least 4 members (excludes halogenated alkanes) is 1. The molecule has 1 aliphatic heterocycles. The van der Waals surface area contributed by atoms with Gasteiger partial charge in [-0.1, -0.05) is 37.5 Å². The van der Waals surface area contributed by atoms with Gasteiger partial charge in [0.2, 0.25) is 10.0 Å². The number of epoxide rings is 1. The van der Waals surface area contributed by atoms with E-state index < -0.39 is 10.0 Å². The Hall–Kier alpha value is -0.910. The Labute approximate surface area is 133 Å². The maximum atomic E-state index is 12.9. The molecule has 0 bridgehead atoms. The molecule has 5 heteroatoms. The lowest BCUT2D eigenvalue weighted by Crippen LogP contribution is -2.60. The molecular weight excluding hydrogens is 298 g/mol. The maximum absolute atomic E-state index is 12.9. The normalized spacial score (nSPS) is 30.5. The Morgan fingerprint density at radius 1 is 1.32 bits per heavy atom. The zero-order valence-corrected chi connectivity index (χ0v) is 14.4. The first-order valence-corrected chi connectivity index (χ1v) is 9.53. The van der Waals surface area contributed by atoms with E-state index in [1.807, 2.05) is 19.1 Å². The van der Waals surface area contributed by atoms with Crippen LogP contribution >= 0.6 is 0 Å². The van der Waals surface area contributed by atoms with Gasteiger partial charge in [0.05, 0.1) is 17.5 Å². The summed E-state index contributed by atoms with van der Waals surface area (Å²) in [4.78, 5) is 0.373. The van der Waals surface area contributed by atoms with E-state index in [-0.39, 0.29) is 11.6 Å². The van der Waals surface area contributed by atoms with Crippen LogP contribution < -0.4 is 0 Å². The number of aryl methyl sites for hydroxylation is 1. The van der Waals surface area contributed by atoms with Gasteiger partial charge in [-0.15, -0.1) is 0 Å². The van der Waals surface area contributed by atoms with Gasteiger partial charge in [0.1, 0.15) is 5.60 Å². The summed E-state index contributed by atoms with van der Waals surface area (Å²) in [6.45, 7) is 4.83. The number of benzene rings is 1. The lowest BCUT2D eigenvalue weighted by Gasteiger charge is -2.47. The molecule has 0 unspecified atom stereocenters. The minimum absolute atomic E-state index is 0.00893. The predicted molar refractivity (Wildman–Crippen MR) is 86.2 cm³/mol. The summed E-state index contributed by atoms with van der Waals surface area (Å²) >= 11 is 0. The predicted octanol–water partition coefficient (Wildman–Crippen LogP) is 2.96. The van der Waals surface area contributed by atoms with Gasteiger partial charge >= 0.3 is 0 Å². The maximum Gasteiger partial charge on any atom is 0.243 e. The van der Waals surface area contributed by atoms with Crippen LogP contribution in [-0.4, -0.2) is 38.0 Å². The summed E-state index contributed by atoms with van der Waals surface area (Å²) in [5.41, 5.74) is 0.873. The molecule has 4 nitrogen and oxygen atoms in total. The molecule has 1 saturated heterocycles. The van der Waals surface area contributed by atoms with Crippen molar-refractivity contribution >= 4 is 10.0 Å². The molecule has 0 N–H and O–H groups in total. The van der Waals surface area contributed by atoms with E-state index in [4.69, 9.17) is 4.74 Å². The largest absolute Gasteiger partial charge is 0.368 e. The molecule has 1 saturated carbocycles. The second kappa shape index (κ2) is 5.62. The van der Waals surface area contributed by atoms with Crippen LogP contribution in [-0.2, 0) is 14.8 Å². The van der Waals surface area contributed by atoms with Crippen LogP contribution in [0.3, 0.4) is 0 Å². The van der Waals surface area contributed by atoms with Gasteiger partial charge in [-0.2, -0.15) is 4.31 Å². The van der Waals surface area contributed by atoms with Gasteiger partial charge < -0.3 is 4.74 Å². The van der Waals surface area contributed by atoms with Crippen molar-refractivity contribution in [3.05, 3.63) is 29.8 Å². The summed E-state index contributed by atoms with van der Waals surface area (Å²) < 4.78 is 32.9. The zero-order valence-electron chi connectivity index (χ0n) is 13.6. The number of nitrogens with zero attached hydrogens (tertiary/aromatic N) is 1. The van der Waals surface area contributed by atoms with Crippen LogP contribution in [0.15, 0.2) is 29.2 Å². The topological polar surface area (TPSA) is 49.9 Å². The van der Waals surface area contributed by atoms with Crippen molar-refractivity contribution in [1.29, 1.82) is 0 Å². The summed E-state index contributed by atoms with van der Waals surface area (Å²) in [6.07, 6.45) is 4.38. The molecule has 0 amide bonds. The van der Waals surface area contributed by atoms with Crippen molar-refractivity contribution in [2.45, 2.75) is 56.1 Å². The highest BCUT2D eigenvalue weighted by atomic mass is 32.2. The number of likely N-dealkylation sites (N-methyl/N-ethyl adjacent to an activating group) is 1. The van der Waals surface area contributed by atoms with Crippen molar-refractivity contribution in [1.82, 2.24) is 4.31 Å². The third-order valence-corrected chi connectivity index (χ3v) is 6.98. The third kappa shape index (κ3) is 2.59. The number of hydrogen-bond donors (Lipinski definition) is 0. The highest BCUT2D eigenvalue weighted by Crippen LogP contribution is 2.54. The molecule has 1 aromatic rings. The van der Waals surface area contributed by atoms with E-state index in [9.17, 15) is 8.42 Å². The first-order valence-electron chi connectivity index (χ1n) is 8.09.